The Balaban J connectivity index is 1.80. The predicted molar refractivity (Wildman–Crippen MR) is 86.2 cm³/mol. The summed E-state index contributed by atoms with van der Waals surface area (Å²) < 4.78 is 10.9. The second kappa shape index (κ2) is 6.58. The molecule has 0 spiro atoms. The molecule has 112 valence electrons. The molecular weight excluding hydrogens is 302 g/mol. The molecule has 2 atom stereocenters. The first kappa shape index (κ1) is 14.5. The van der Waals surface area contributed by atoms with Crippen LogP contribution < -0.4 is 9.47 Å². The van der Waals surface area contributed by atoms with E-state index in [9.17, 15) is 0 Å². The van der Waals surface area contributed by atoms with E-state index in [1.54, 1.807) is 37.9 Å². The normalized spacial score (nSPS) is 20.4. The van der Waals surface area contributed by atoms with E-state index < -0.39 is 5.38 Å². The molecule has 2 heterocycles. The summed E-state index contributed by atoms with van der Waals surface area (Å²) >= 11 is 6.20. The molecule has 1 aliphatic rings. The number of halogens is 1. The van der Waals surface area contributed by atoms with E-state index in [4.69, 9.17) is 21.1 Å². The highest BCUT2D eigenvalue weighted by atomic mass is 35.5. The van der Waals surface area contributed by atoms with Gasteiger partial charge in [-0.25, -0.2) is 4.99 Å². The number of methoxy groups -OCH3 is 1. The van der Waals surface area contributed by atoms with Gasteiger partial charge in [-0.15, -0.1) is 11.6 Å². The fourth-order valence-electron chi connectivity index (χ4n) is 1.98. The van der Waals surface area contributed by atoms with Crippen molar-refractivity contribution in [1.29, 1.82) is 0 Å². The van der Waals surface area contributed by atoms with Crippen LogP contribution in [0.1, 0.15) is 11.7 Å². The van der Waals surface area contributed by atoms with Crippen molar-refractivity contribution in [2.45, 2.75) is 11.5 Å². The molecule has 3 rings (SSSR count). The topological polar surface area (TPSA) is 56.1 Å². The molecule has 2 unspecified atom stereocenters. The van der Waals surface area contributed by atoms with Crippen LogP contribution in [-0.4, -0.2) is 29.6 Å². The van der Waals surface area contributed by atoms with Gasteiger partial charge in [0.05, 0.1) is 7.11 Å². The third-order valence-corrected chi connectivity index (χ3v) is 3.41. The Kier molecular flexibility index (Phi) is 4.34. The molecule has 2 aromatic rings. The first-order chi connectivity index (χ1) is 10.8. The number of alkyl halides is 1. The lowest BCUT2D eigenvalue weighted by atomic mass is 10.2. The lowest BCUT2D eigenvalue weighted by Gasteiger charge is -2.18. The smallest absolute Gasteiger partial charge is 0.216 e. The monoisotopic (exact) mass is 315 g/mol. The minimum Gasteiger partial charge on any atom is -0.497 e. The Labute approximate surface area is 133 Å². The molecular formula is C16H14ClN3O2. The third kappa shape index (κ3) is 3.26. The zero-order valence-corrected chi connectivity index (χ0v) is 12.6. The number of benzene rings is 1. The Bertz CT molecular complexity index is 686. The molecule has 0 radical (unpaired) electrons. The van der Waals surface area contributed by atoms with Gasteiger partial charge >= 0.3 is 0 Å². The molecule has 1 aromatic carbocycles. The first-order valence-corrected chi connectivity index (χ1v) is 7.17. The zero-order chi connectivity index (χ0) is 15.4. The van der Waals surface area contributed by atoms with Crippen LogP contribution in [0.3, 0.4) is 0 Å². The highest BCUT2D eigenvalue weighted by molar-refractivity contribution is 6.39. The summed E-state index contributed by atoms with van der Waals surface area (Å²) in [6.45, 7) is 0. The quantitative estimate of drug-likeness (QED) is 0.817. The third-order valence-electron chi connectivity index (χ3n) is 3.11. The number of nitrogens with zero attached hydrogens (tertiary/aromatic N) is 3. The molecule has 22 heavy (non-hydrogen) atoms. The molecule has 0 saturated heterocycles. The minimum absolute atomic E-state index is 0.378. The maximum atomic E-state index is 6.20. The van der Waals surface area contributed by atoms with Gasteiger partial charge in [0.25, 0.3) is 0 Å². The first-order valence-electron chi connectivity index (χ1n) is 6.73. The van der Waals surface area contributed by atoms with Crippen LogP contribution in [-0.2, 0) is 0 Å². The Morgan fingerprint density at radius 1 is 1.09 bits per heavy atom. The second-order valence-electron chi connectivity index (χ2n) is 4.60. The number of hydrogen-bond acceptors (Lipinski definition) is 5. The summed E-state index contributed by atoms with van der Waals surface area (Å²) in [7, 11) is 1.62. The maximum absolute atomic E-state index is 6.20. The standard InChI is InChI=1S/C16H14ClN3O2/c1-21-12-4-6-13(7-5-12)22-16-14(17)10-19-15(20-16)11-3-2-8-18-9-11/h2-10,14-15H,1H3. The predicted octanol–water partition coefficient (Wildman–Crippen LogP) is 3.26. The van der Waals surface area contributed by atoms with Crippen molar-refractivity contribution in [3.8, 4) is 11.5 Å². The van der Waals surface area contributed by atoms with E-state index in [1.807, 2.05) is 24.3 Å². The summed E-state index contributed by atoms with van der Waals surface area (Å²) in [5.41, 5.74) is 0.887. The number of hydrogen-bond donors (Lipinski definition) is 0. The molecule has 0 fully saturated rings. The van der Waals surface area contributed by atoms with Crippen LogP contribution in [0, 0.1) is 0 Å². The summed E-state index contributed by atoms with van der Waals surface area (Å²) in [5.74, 6) is 1.82. The average molecular weight is 316 g/mol. The van der Waals surface area contributed by atoms with Gasteiger partial charge in [0, 0.05) is 24.2 Å². The Morgan fingerprint density at radius 3 is 2.55 bits per heavy atom. The van der Waals surface area contributed by atoms with E-state index in [2.05, 4.69) is 15.0 Å². The molecule has 0 bridgehead atoms. The summed E-state index contributed by atoms with van der Waals surface area (Å²) in [6, 6.07) is 11.0. The lowest BCUT2D eigenvalue weighted by molar-refractivity contribution is 0.413. The van der Waals surface area contributed by atoms with Crippen LogP contribution in [0.4, 0.5) is 0 Å². The SMILES string of the molecule is COc1ccc(OC2=NC(c3cccnc3)N=CC2Cl)cc1. The molecule has 1 aliphatic heterocycles. The molecule has 5 nitrogen and oxygen atoms in total. The fourth-order valence-corrected chi connectivity index (χ4v) is 2.15. The molecule has 0 saturated carbocycles. The van der Waals surface area contributed by atoms with Crippen LogP contribution in [0.5, 0.6) is 11.5 Å². The fraction of sp³-hybridized carbons (Fsp3) is 0.188. The van der Waals surface area contributed by atoms with Crippen molar-refractivity contribution < 1.29 is 9.47 Å². The van der Waals surface area contributed by atoms with E-state index in [0.717, 1.165) is 11.3 Å². The molecule has 1 aromatic heterocycles. The number of pyridine rings is 1. The van der Waals surface area contributed by atoms with Crippen molar-refractivity contribution in [3.05, 3.63) is 54.4 Å². The van der Waals surface area contributed by atoms with Crippen LogP contribution in [0.25, 0.3) is 0 Å². The van der Waals surface area contributed by atoms with E-state index in [-0.39, 0.29) is 6.17 Å². The van der Waals surface area contributed by atoms with Crippen molar-refractivity contribution in [2.24, 2.45) is 9.98 Å². The van der Waals surface area contributed by atoms with Crippen molar-refractivity contribution in [1.82, 2.24) is 4.98 Å². The summed E-state index contributed by atoms with van der Waals surface area (Å²) in [6.07, 6.45) is 4.69. The van der Waals surface area contributed by atoms with Gasteiger partial charge in [0.2, 0.25) is 5.90 Å². The van der Waals surface area contributed by atoms with Gasteiger partial charge in [0.15, 0.2) is 6.17 Å². The highest BCUT2D eigenvalue weighted by Gasteiger charge is 2.22. The molecule has 0 aliphatic carbocycles. The number of ether oxygens (including phenoxy) is 2. The minimum atomic E-state index is -0.491. The van der Waals surface area contributed by atoms with E-state index in [1.165, 1.54) is 0 Å². The second-order valence-corrected chi connectivity index (χ2v) is 5.08. The Morgan fingerprint density at radius 2 is 1.86 bits per heavy atom. The van der Waals surface area contributed by atoms with Gasteiger partial charge in [0.1, 0.15) is 16.9 Å². The van der Waals surface area contributed by atoms with Crippen molar-refractivity contribution in [3.63, 3.8) is 0 Å². The van der Waals surface area contributed by atoms with Crippen molar-refractivity contribution >= 4 is 23.7 Å². The van der Waals surface area contributed by atoms with E-state index in [0.29, 0.717) is 11.6 Å². The zero-order valence-electron chi connectivity index (χ0n) is 11.9. The average Bonchev–Trinajstić information content (AvgIpc) is 2.58. The number of rotatable bonds is 3. The van der Waals surface area contributed by atoms with Gasteiger partial charge in [-0.1, -0.05) is 6.07 Å². The van der Waals surface area contributed by atoms with Crippen LogP contribution in [0.15, 0.2) is 58.8 Å². The van der Waals surface area contributed by atoms with E-state index >= 15 is 0 Å². The largest absolute Gasteiger partial charge is 0.497 e. The number of aromatic nitrogens is 1. The van der Waals surface area contributed by atoms with Gasteiger partial charge < -0.3 is 9.47 Å². The maximum Gasteiger partial charge on any atom is 0.216 e. The van der Waals surface area contributed by atoms with Crippen molar-refractivity contribution in [2.75, 3.05) is 7.11 Å². The molecule has 0 N–H and O–H groups in total. The van der Waals surface area contributed by atoms with Crippen LogP contribution >= 0.6 is 11.6 Å². The summed E-state index contributed by atoms with van der Waals surface area (Å²) in [4.78, 5) is 12.9. The van der Waals surface area contributed by atoms with Gasteiger partial charge in [-0.3, -0.25) is 9.98 Å². The van der Waals surface area contributed by atoms with Gasteiger partial charge in [-0.2, -0.15) is 0 Å². The van der Waals surface area contributed by atoms with Crippen LogP contribution in [0.2, 0.25) is 0 Å². The molecule has 0 amide bonds. The summed E-state index contributed by atoms with van der Waals surface area (Å²) in [5, 5.41) is -0.491. The highest BCUT2D eigenvalue weighted by Crippen LogP contribution is 2.24. The van der Waals surface area contributed by atoms with Gasteiger partial charge in [-0.05, 0) is 30.3 Å². The molecule has 6 heteroatoms. The Hall–Kier alpha value is -2.40. The number of aliphatic imine (C=N–C) groups is 2. The lowest BCUT2D eigenvalue weighted by Crippen LogP contribution is -2.26.